The summed E-state index contributed by atoms with van der Waals surface area (Å²) in [4.78, 5) is 6.67. The van der Waals surface area contributed by atoms with Crippen molar-refractivity contribution in [1.82, 2.24) is 14.5 Å². The molecule has 1 N–H and O–H groups in total. The minimum absolute atomic E-state index is 0.268. The average Bonchev–Trinajstić information content (AvgIpc) is 2.93. The molecule has 0 aliphatic carbocycles. The number of nitrogens with one attached hydrogen (secondary N) is 1. The second kappa shape index (κ2) is 9.20. The first-order valence-corrected chi connectivity index (χ1v) is 10.6. The standard InChI is InChI=1S/C18H30N4O2S/c1-4-16-7-9-17(10-8-16)15-21(3)18(19-5-2)20-11-13-22-12-6-14-25(22,23)24/h7-10H,4-6,11-15H2,1-3H3,(H,19,20). The fourth-order valence-electron chi connectivity index (χ4n) is 2.91. The second-order valence-electron chi connectivity index (χ2n) is 6.33. The van der Waals surface area contributed by atoms with Crippen LogP contribution in [0.1, 0.15) is 31.4 Å². The molecule has 0 aromatic heterocycles. The van der Waals surface area contributed by atoms with Gasteiger partial charge in [0.25, 0.3) is 0 Å². The molecule has 0 bridgehead atoms. The lowest BCUT2D eigenvalue weighted by Gasteiger charge is -2.22. The summed E-state index contributed by atoms with van der Waals surface area (Å²) in [6.45, 7) is 7.27. The Bertz CT molecular complexity index is 671. The van der Waals surface area contributed by atoms with Crippen molar-refractivity contribution in [2.45, 2.75) is 33.2 Å². The van der Waals surface area contributed by atoms with E-state index in [2.05, 4.69) is 46.4 Å². The molecule has 1 heterocycles. The summed E-state index contributed by atoms with van der Waals surface area (Å²) in [6, 6.07) is 8.61. The number of aryl methyl sites for hydroxylation is 1. The molecule has 0 unspecified atom stereocenters. The van der Waals surface area contributed by atoms with Crippen molar-refractivity contribution in [3.05, 3.63) is 35.4 Å². The molecule has 1 aromatic rings. The number of aliphatic imine (C=N–C) groups is 1. The predicted molar refractivity (Wildman–Crippen MR) is 103 cm³/mol. The number of nitrogens with zero attached hydrogens (tertiary/aromatic N) is 3. The Kier molecular flexibility index (Phi) is 7.25. The van der Waals surface area contributed by atoms with E-state index < -0.39 is 10.0 Å². The Morgan fingerprint density at radius 2 is 1.92 bits per heavy atom. The fraction of sp³-hybridized carbons (Fsp3) is 0.611. The van der Waals surface area contributed by atoms with E-state index >= 15 is 0 Å². The van der Waals surface area contributed by atoms with Crippen LogP contribution < -0.4 is 5.32 Å². The zero-order valence-corrected chi connectivity index (χ0v) is 16.3. The smallest absolute Gasteiger partial charge is 0.214 e. The van der Waals surface area contributed by atoms with Crippen LogP contribution in [0.15, 0.2) is 29.3 Å². The third kappa shape index (κ3) is 5.71. The highest BCUT2D eigenvalue weighted by Crippen LogP contribution is 2.12. The van der Waals surface area contributed by atoms with Crippen LogP contribution in [-0.4, -0.2) is 62.6 Å². The van der Waals surface area contributed by atoms with Crippen molar-refractivity contribution in [3.63, 3.8) is 0 Å². The second-order valence-corrected chi connectivity index (χ2v) is 8.42. The number of guanidine groups is 1. The molecular weight excluding hydrogens is 336 g/mol. The zero-order chi connectivity index (χ0) is 18.3. The molecule has 140 valence electrons. The van der Waals surface area contributed by atoms with E-state index in [9.17, 15) is 8.42 Å². The summed E-state index contributed by atoms with van der Waals surface area (Å²) in [7, 11) is -1.04. The van der Waals surface area contributed by atoms with E-state index in [0.29, 0.717) is 19.6 Å². The molecule has 0 atom stereocenters. The fourth-order valence-corrected chi connectivity index (χ4v) is 4.43. The van der Waals surface area contributed by atoms with E-state index in [1.54, 1.807) is 4.31 Å². The number of hydrogen-bond donors (Lipinski definition) is 1. The van der Waals surface area contributed by atoms with Crippen molar-refractivity contribution in [3.8, 4) is 0 Å². The summed E-state index contributed by atoms with van der Waals surface area (Å²) in [5.74, 6) is 1.07. The van der Waals surface area contributed by atoms with Crippen molar-refractivity contribution in [2.24, 2.45) is 4.99 Å². The van der Waals surface area contributed by atoms with Crippen LogP contribution in [-0.2, 0) is 23.0 Å². The van der Waals surface area contributed by atoms with Crippen LogP contribution in [0.25, 0.3) is 0 Å². The SMILES string of the molecule is CCNC(=NCCN1CCCS1(=O)=O)N(C)Cc1ccc(CC)cc1. The van der Waals surface area contributed by atoms with Crippen LogP contribution in [0.2, 0.25) is 0 Å². The van der Waals surface area contributed by atoms with Crippen LogP contribution in [0, 0.1) is 0 Å². The summed E-state index contributed by atoms with van der Waals surface area (Å²) in [6.07, 6.45) is 1.76. The lowest BCUT2D eigenvalue weighted by molar-refractivity contribution is 0.445. The molecule has 25 heavy (non-hydrogen) atoms. The molecule has 0 radical (unpaired) electrons. The van der Waals surface area contributed by atoms with E-state index in [-0.39, 0.29) is 5.75 Å². The quantitative estimate of drug-likeness (QED) is 0.589. The molecule has 1 saturated heterocycles. The highest BCUT2D eigenvalue weighted by Gasteiger charge is 2.27. The summed E-state index contributed by atoms with van der Waals surface area (Å²) in [5.41, 5.74) is 2.56. The van der Waals surface area contributed by atoms with Gasteiger partial charge in [-0.3, -0.25) is 4.99 Å². The summed E-state index contributed by atoms with van der Waals surface area (Å²) in [5, 5.41) is 3.28. The van der Waals surface area contributed by atoms with Gasteiger partial charge in [-0.05, 0) is 30.9 Å². The maximum Gasteiger partial charge on any atom is 0.214 e. The van der Waals surface area contributed by atoms with Crippen LogP contribution in [0.4, 0.5) is 0 Å². The minimum atomic E-state index is -3.04. The highest BCUT2D eigenvalue weighted by molar-refractivity contribution is 7.89. The van der Waals surface area contributed by atoms with Crippen LogP contribution in [0.5, 0.6) is 0 Å². The Morgan fingerprint density at radius 1 is 1.24 bits per heavy atom. The Hall–Kier alpha value is -1.60. The van der Waals surface area contributed by atoms with Crippen molar-refractivity contribution in [2.75, 3.05) is 39.0 Å². The molecule has 1 fully saturated rings. The summed E-state index contributed by atoms with van der Waals surface area (Å²) >= 11 is 0. The van der Waals surface area contributed by atoms with Gasteiger partial charge < -0.3 is 10.2 Å². The van der Waals surface area contributed by atoms with Gasteiger partial charge in [0.1, 0.15) is 0 Å². The maximum atomic E-state index is 11.8. The summed E-state index contributed by atoms with van der Waals surface area (Å²) < 4.78 is 25.2. The number of hydrogen-bond acceptors (Lipinski definition) is 3. The average molecular weight is 367 g/mol. The van der Waals surface area contributed by atoms with Gasteiger partial charge in [0.15, 0.2) is 5.96 Å². The van der Waals surface area contributed by atoms with Gasteiger partial charge in [-0.15, -0.1) is 0 Å². The first kappa shape index (κ1) is 19.7. The molecule has 2 rings (SSSR count). The molecule has 1 aliphatic rings. The predicted octanol–water partition coefficient (Wildman–Crippen LogP) is 1.68. The van der Waals surface area contributed by atoms with E-state index in [1.807, 2.05) is 14.0 Å². The van der Waals surface area contributed by atoms with Crippen molar-refractivity contribution in [1.29, 1.82) is 0 Å². The largest absolute Gasteiger partial charge is 0.357 e. The first-order valence-electron chi connectivity index (χ1n) is 9.01. The third-order valence-corrected chi connectivity index (χ3v) is 6.32. The van der Waals surface area contributed by atoms with Gasteiger partial charge in [0, 0.05) is 33.2 Å². The molecule has 6 nitrogen and oxygen atoms in total. The van der Waals surface area contributed by atoms with Gasteiger partial charge in [0.05, 0.1) is 12.3 Å². The number of rotatable bonds is 7. The molecule has 7 heteroatoms. The molecular formula is C18H30N4O2S. The molecule has 1 aliphatic heterocycles. The molecule has 1 aromatic carbocycles. The Balaban J connectivity index is 1.95. The van der Waals surface area contributed by atoms with Gasteiger partial charge in [-0.2, -0.15) is 0 Å². The van der Waals surface area contributed by atoms with Gasteiger partial charge >= 0.3 is 0 Å². The molecule has 0 saturated carbocycles. The zero-order valence-electron chi connectivity index (χ0n) is 15.5. The first-order chi connectivity index (χ1) is 12.0. The molecule has 0 spiro atoms. The van der Waals surface area contributed by atoms with Gasteiger partial charge in [-0.25, -0.2) is 12.7 Å². The monoisotopic (exact) mass is 366 g/mol. The molecule has 0 amide bonds. The minimum Gasteiger partial charge on any atom is -0.357 e. The Morgan fingerprint density at radius 3 is 2.48 bits per heavy atom. The lowest BCUT2D eigenvalue weighted by Crippen LogP contribution is -2.39. The van der Waals surface area contributed by atoms with Gasteiger partial charge in [-0.1, -0.05) is 31.2 Å². The van der Waals surface area contributed by atoms with Crippen LogP contribution >= 0.6 is 0 Å². The third-order valence-electron chi connectivity index (χ3n) is 4.36. The Labute approximate surface area is 152 Å². The van der Waals surface area contributed by atoms with Gasteiger partial charge in [0.2, 0.25) is 10.0 Å². The highest BCUT2D eigenvalue weighted by atomic mass is 32.2. The number of sulfonamides is 1. The lowest BCUT2D eigenvalue weighted by atomic mass is 10.1. The topological polar surface area (TPSA) is 65.0 Å². The van der Waals surface area contributed by atoms with E-state index in [4.69, 9.17) is 0 Å². The number of benzene rings is 1. The van der Waals surface area contributed by atoms with Crippen LogP contribution in [0.3, 0.4) is 0 Å². The normalized spacial score (nSPS) is 17.6. The van der Waals surface area contributed by atoms with E-state index in [0.717, 1.165) is 31.9 Å². The van der Waals surface area contributed by atoms with Crippen molar-refractivity contribution < 1.29 is 8.42 Å². The van der Waals surface area contributed by atoms with Crippen molar-refractivity contribution >= 4 is 16.0 Å². The maximum absolute atomic E-state index is 11.8. The van der Waals surface area contributed by atoms with E-state index in [1.165, 1.54) is 11.1 Å².